The van der Waals surface area contributed by atoms with E-state index in [0.29, 0.717) is 0 Å². The number of likely N-dealkylation sites (N-methyl/N-ethyl adjacent to an activating group) is 2. The molecular weight excluding hydrogens is 198 g/mol. The number of rotatable bonds is 7. The summed E-state index contributed by atoms with van der Waals surface area (Å²) >= 11 is 0. The maximum absolute atomic E-state index is 3.53. The lowest BCUT2D eigenvalue weighted by Crippen LogP contribution is -2.49. The van der Waals surface area contributed by atoms with Gasteiger partial charge in [-0.1, -0.05) is 6.92 Å². The Kier molecular flexibility index (Phi) is 5.73. The van der Waals surface area contributed by atoms with Crippen LogP contribution < -0.4 is 5.32 Å². The van der Waals surface area contributed by atoms with Crippen LogP contribution in [0.15, 0.2) is 0 Å². The van der Waals surface area contributed by atoms with Crippen molar-refractivity contribution < 1.29 is 0 Å². The van der Waals surface area contributed by atoms with E-state index in [1.54, 1.807) is 0 Å². The highest BCUT2D eigenvalue weighted by Gasteiger charge is 2.19. The SMILES string of the molecule is CCNC(C)(C)CN(C)CCN1CCCC1. The fourth-order valence-electron chi connectivity index (χ4n) is 2.61. The Labute approximate surface area is 101 Å². The van der Waals surface area contributed by atoms with E-state index in [-0.39, 0.29) is 5.54 Å². The normalized spacial score (nSPS) is 18.6. The van der Waals surface area contributed by atoms with Gasteiger partial charge in [0.25, 0.3) is 0 Å². The van der Waals surface area contributed by atoms with Crippen molar-refractivity contribution in [3.05, 3.63) is 0 Å². The molecule has 0 aromatic heterocycles. The summed E-state index contributed by atoms with van der Waals surface area (Å²) in [6.45, 7) is 13.9. The van der Waals surface area contributed by atoms with Gasteiger partial charge in [-0.15, -0.1) is 0 Å². The number of nitrogens with zero attached hydrogens (tertiary/aromatic N) is 2. The van der Waals surface area contributed by atoms with Gasteiger partial charge in [0.1, 0.15) is 0 Å². The Hall–Kier alpha value is -0.120. The van der Waals surface area contributed by atoms with Crippen molar-refractivity contribution in [2.45, 2.75) is 39.2 Å². The van der Waals surface area contributed by atoms with Crippen LogP contribution in [0.5, 0.6) is 0 Å². The predicted octanol–water partition coefficient (Wildman–Crippen LogP) is 1.40. The fourth-order valence-corrected chi connectivity index (χ4v) is 2.61. The predicted molar refractivity (Wildman–Crippen MR) is 70.9 cm³/mol. The number of hydrogen-bond donors (Lipinski definition) is 1. The summed E-state index contributed by atoms with van der Waals surface area (Å²) in [5, 5.41) is 3.53. The molecule has 0 aliphatic carbocycles. The summed E-state index contributed by atoms with van der Waals surface area (Å²) in [6, 6.07) is 0. The molecule has 0 aromatic carbocycles. The first-order valence-corrected chi connectivity index (χ1v) is 6.69. The number of nitrogens with one attached hydrogen (secondary N) is 1. The van der Waals surface area contributed by atoms with Crippen molar-refractivity contribution >= 4 is 0 Å². The van der Waals surface area contributed by atoms with Crippen molar-refractivity contribution in [2.75, 3.05) is 46.3 Å². The third kappa shape index (κ3) is 5.28. The molecule has 3 heteroatoms. The molecule has 0 unspecified atom stereocenters. The summed E-state index contributed by atoms with van der Waals surface area (Å²) in [4.78, 5) is 5.03. The van der Waals surface area contributed by atoms with Crippen LogP contribution in [0, 0.1) is 0 Å². The molecule has 0 atom stereocenters. The average Bonchev–Trinajstić information content (AvgIpc) is 2.66. The Morgan fingerprint density at radius 3 is 2.44 bits per heavy atom. The van der Waals surface area contributed by atoms with Crippen LogP contribution in [-0.4, -0.2) is 61.7 Å². The molecule has 1 aliphatic rings. The Morgan fingerprint density at radius 2 is 1.88 bits per heavy atom. The van der Waals surface area contributed by atoms with Crippen molar-refractivity contribution in [3.8, 4) is 0 Å². The van der Waals surface area contributed by atoms with Gasteiger partial charge in [0.15, 0.2) is 0 Å². The van der Waals surface area contributed by atoms with Crippen LogP contribution in [0.4, 0.5) is 0 Å². The molecule has 0 radical (unpaired) electrons. The maximum atomic E-state index is 3.53. The Balaban J connectivity index is 2.16. The highest BCUT2D eigenvalue weighted by Crippen LogP contribution is 2.08. The van der Waals surface area contributed by atoms with E-state index in [4.69, 9.17) is 0 Å². The number of hydrogen-bond acceptors (Lipinski definition) is 3. The van der Waals surface area contributed by atoms with Crippen molar-refractivity contribution in [2.24, 2.45) is 0 Å². The maximum Gasteiger partial charge on any atom is 0.0251 e. The lowest BCUT2D eigenvalue weighted by molar-refractivity contribution is 0.208. The van der Waals surface area contributed by atoms with Crippen LogP contribution in [0.2, 0.25) is 0 Å². The second-order valence-electron chi connectivity index (χ2n) is 5.70. The topological polar surface area (TPSA) is 18.5 Å². The zero-order valence-corrected chi connectivity index (χ0v) is 11.6. The minimum absolute atomic E-state index is 0.231. The van der Waals surface area contributed by atoms with E-state index in [0.717, 1.165) is 13.1 Å². The number of likely N-dealkylation sites (tertiary alicyclic amines) is 1. The molecule has 96 valence electrons. The molecule has 1 saturated heterocycles. The quantitative estimate of drug-likeness (QED) is 0.709. The van der Waals surface area contributed by atoms with E-state index >= 15 is 0 Å². The first kappa shape index (κ1) is 13.9. The summed E-state index contributed by atoms with van der Waals surface area (Å²) < 4.78 is 0. The Bertz CT molecular complexity index is 186. The van der Waals surface area contributed by atoms with E-state index in [9.17, 15) is 0 Å². The second-order valence-corrected chi connectivity index (χ2v) is 5.70. The first-order chi connectivity index (χ1) is 7.53. The minimum Gasteiger partial charge on any atom is -0.311 e. The molecule has 1 rings (SSSR count). The van der Waals surface area contributed by atoms with E-state index in [1.807, 2.05) is 0 Å². The van der Waals surface area contributed by atoms with Crippen LogP contribution in [-0.2, 0) is 0 Å². The van der Waals surface area contributed by atoms with Crippen molar-refractivity contribution in [3.63, 3.8) is 0 Å². The highest BCUT2D eigenvalue weighted by atomic mass is 15.2. The first-order valence-electron chi connectivity index (χ1n) is 6.69. The Morgan fingerprint density at radius 1 is 1.25 bits per heavy atom. The van der Waals surface area contributed by atoms with Crippen LogP contribution in [0.1, 0.15) is 33.6 Å². The third-order valence-corrected chi connectivity index (χ3v) is 3.32. The zero-order chi connectivity index (χ0) is 12.0. The lowest BCUT2D eigenvalue weighted by Gasteiger charge is -2.32. The van der Waals surface area contributed by atoms with Gasteiger partial charge in [-0.25, -0.2) is 0 Å². The molecule has 16 heavy (non-hydrogen) atoms. The molecule has 1 heterocycles. The molecule has 0 saturated carbocycles. The summed E-state index contributed by atoms with van der Waals surface area (Å²) in [6.07, 6.45) is 2.79. The van der Waals surface area contributed by atoms with Gasteiger partial charge >= 0.3 is 0 Å². The standard InChI is InChI=1S/C13H29N3/c1-5-14-13(2,3)12-15(4)10-11-16-8-6-7-9-16/h14H,5-12H2,1-4H3. The van der Waals surface area contributed by atoms with Gasteiger partial charge in [0, 0.05) is 25.2 Å². The van der Waals surface area contributed by atoms with Crippen LogP contribution in [0.25, 0.3) is 0 Å². The van der Waals surface area contributed by atoms with Crippen LogP contribution >= 0.6 is 0 Å². The molecule has 1 aliphatic heterocycles. The third-order valence-electron chi connectivity index (χ3n) is 3.32. The summed E-state index contributed by atoms with van der Waals surface area (Å²) in [5.74, 6) is 0. The van der Waals surface area contributed by atoms with Crippen molar-refractivity contribution in [1.82, 2.24) is 15.1 Å². The fraction of sp³-hybridized carbons (Fsp3) is 1.00. The second kappa shape index (κ2) is 6.58. The smallest absolute Gasteiger partial charge is 0.0251 e. The van der Waals surface area contributed by atoms with E-state index in [2.05, 4.69) is 42.9 Å². The molecule has 0 spiro atoms. The molecule has 0 aromatic rings. The minimum atomic E-state index is 0.231. The molecular formula is C13H29N3. The summed E-state index contributed by atoms with van der Waals surface area (Å²) in [7, 11) is 2.23. The van der Waals surface area contributed by atoms with Crippen LogP contribution in [0.3, 0.4) is 0 Å². The molecule has 3 nitrogen and oxygen atoms in total. The average molecular weight is 227 g/mol. The van der Waals surface area contributed by atoms with Crippen molar-refractivity contribution in [1.29, 1.82) is 0 Å². The van der Waals surface area contributed by atoms with E-state index < -0.39 is 0 Å². The van der Waals surface area contributed by atoms with Gasteiger partial charge in [0.05, 0.1) is 0 Å². The van der Waals surface area contributed by atoms with Gasteiger partial charge in [0.2, 0.25) is 0 Å². The molecule has 0 amide bonds. The largest absolute Gasteiger partial charge is 0.311 e. The summed E-state index contributed by atoms with van der Waals surface area (Å²) in [5.41, 5.74) is 0.231. The zero-order valence-electron chi connectivity index (χ0n) is 11.6. The molecule has 0 bridgehead atoms. The molecule has 1 fully saturated rings. The van der Waals surface area contributed by atoms with Gasteiger partial charge in [-0.2, -0.15) is 0 Å². The van der Waals surface area contributed by atoms with Gasteiger partial charge in [-0.3, -0.25) is 0 Å². The van der Waals surface area contributed by atoms with Gasteiger partial charge in [-0.05, 0) is 53.4 Å². The van der Waals surface area contributed by atoms with Gasteiger partial charge < -0.3 is 15.1 Å². The highest BCUT2D eigenvalue weighted by molar-refractivity contribution is 4.80. The lowest BCUT2D eigenvalue weighted by atomic mass is 10.1. The molecule has 1 N–H and O–H groups in total. The monoisotopic (exact) mass is 227 g/mol. The van der Waals surface area contributed by atoms with E-state index in [1.165, 1.54) is 39.0 Å².